The molecule has 1 amide bonds. The Labute approximate surface area is 109 Å². The van der Waals surface area contributed by atoms with E-state index < -0.39 is 23.7 Å². The van der Waals surface area contributed by atoms with Gasteiger partial charge < -0.3 is 16.2 Å². The number of carbonyl (C=O) groups is 2. The summed E-state index contributed by atoms with van der Waals surface area (Å²) in [7, 11) is 0. The molecule has 0 aliphatic heterocycles. The third kappa shape index (κ3) is 4.09. The van der Waals surface area contributed by atoms with E-state index in [0.717, 1.165) is 0 Å². The summed E-state index contributed by atoms with van der Waals surface area (Å²) in [5.74, 6) is -2.45. The summed E-state index contributed by atoms with van der Waals surface area (Å²) in [5.41, 5.74) is 5.50. The number of nitrogens with two attached hydrogens (primary N) is 1. The molecular formula is C13H15FN2O3. The van der Waals surface area contributed by atoms with Crippen molar-refractivity contribution in [2.45, 2.75) is 19.4 Å². The van der Waals surface area contributed by atoms with Gasteiger partial charge in [-0.05, 0) is 18.6 Å². The van der Waals surface area contributed by atoms with Crippen molar-refractivity contribution in [3.8, 4) is 0 Å². The normalized spacial score (nSPS) is 12.8. The van der Waals surface area contributed by atoms with Crippen LogP contribution in [0.2, 0.25) is 0 Å². The highest BCUT2D eigenvalue weighted by Crippen LogP contribution is 2.09. The first-order chi connectivity index (χ1) is 8.95. The average Bonchev–Trinajstić information content (AvgIpc) is 2.39. The summed E-state index contributed by atoms with van der Waals surface area (Å²) in [5, 5.41) is 11.3. The lowest BCUT2D eigenvalue weighted by Gasteiger charge is -2.15. The molecule has 4 N–H and O–H groups in total. The van der Waals surface area contributed by atoms with Gasteiger partial charge in [0.1, 0.15) is 11.9 Å². The van der Waals surface area contributed by atoms with E-state index in [1.54, 1.807) is 13.0 Å². The highest BCUT2D eigenvalue weighted by molar-refractivity contribution is 5.95. The van der Waals surface area contributed by atoms with E-state index in [2.05, 4.69) is 5.32 Å². The summed E-state index contributed by atoms with van der Waals surface area (Å²) in [6.45, 7) is 1.56. The molecule has 0 aromatic heterocycles. The number of carbonyl (C=O) groups excluding carboxylic acids is 1. The number of carboxylic acid groups (broad SMARTS) is 1. The molecule has 1 rings (SSSR count). The van der Waals surface area contributed by atoms with E-state index >= 15 is 0 Å². The number of allylic oxidation sites excluding steroid dienone is 1. The first kappa shape index (κ1) is 14.7. The summed E-state index contributed by atoms with van der Waals surface area (Å²) in [6, 6.07) is 4.57. The van der Waals surface area contributed by atoms with Crippen LogP contribution in [0.25, 0.3) is 0 Å². The van der Waals surface area contributed by atoms with Crippen LogP contribution in [0.5, 0.6) is 0 Å². The van der Waals surface area contributed by atoms with Gasteiger partial charge >= 0.3 is 5.97 Å². The maximum absolute atomic E-state index is 13.4. The fraction of sp³-hybridized carbons (Fsp3) is 0.231. The highest BCUT2D eigenvalue weighted by Gasteiger charge is 2.22. The van der Waals surface area contributed by atoms with Gasteiger partial charge in [-0.2, -0.15) is 0 Å². The molecule has 0 unspecified atom stereocenters. The van der Waals surface area contributed by atoms with Crippen molar-refractivity contribution in [1.29, 1.82) is 0 Å². The van der Waals surface area contributed by atoms with Crippen LogP contribution in [0.4, 0.5) is 4.39 Å². The van der Waals surface area contributed by atoms with Gasteiger partial charge in [0.2, 0.25) is 0 Å². The first-order valence-electron chi connectivity index (χ1n) is 5.64. The molecule has 0 bridgehead atoms. The fourth-order valence-corrected chi connectivity index (χ4v) is 1.46. The molecule has 0 fully saturated rings. The first-order valence-corrected chi connectivity index (χ1v) is 5.64. The van der Waals surface area contributed by atoms with Crippen molar-refractivity contribution >= 4 is 11.9 Å². The van der Waals surface area contributed by atoms with Gasteiger partial charge in [0.15, 0.2) is 0 Å². The summed E-state index contributed by atoms with van der Waals surface area (Å²) >= 11 is 0. The largest absolute Gasteiger partial charge is 0.480 e. The number of nitrogens with one attached hydrogen (secondary N) is 1. The Bertz CT molecular complexity index is 514. The minimum absolute atomic E-state index is 0.0835. The van der Waals surface area contributed by atoms with Crippen molar-refractivity contribution in [2.75, 3.05) is 0 Å². The zero-order valence-electron chi connectivity index (χ0n) is 10.4. The SMILES string of the molecule is C/C=C(/N)C(=O)N[C@H](Cc1ccccc1F)C(=O)O. The zero-order chi connectivity index (χ0) is 14.4. The number of hydrogen-bond acceptors (Lipinski definition) is 3. The molecule has 19 heavy (non-hydrogen) atoms. The number of rotatable bonds is 5. The van der Waals surface area contributed by atoms with Gasteiger partial charge in [0.05, 0.1) is 5.70 Å². The Balaban J connectivity index is 2.83. The molecule has 0 saturated heterocycles. The Hall–Kier alpha value is -2.37. The number of halogens is 1. The summed E-state index contributed by atoms with van der Waals surface area (Å²) in [4.78, 5) is 22.6. The van der Waals surface area contributed by atoms with Gasteiger partial charge in [-0.3, -0.25) is 4.79 Å². The molecule has 102 valence electrons. The second kappa shape index (κ2) is 6.53. The van der Waals surface area contributed by atoms with Crippen LogP contribution in [0, 0.1) is 5.82 Å². The van der Waals surface area contributed by atoms with E-state index in [-0.39, 0.29) is 17.7 Å². The summed E-state index contributed by atoms with van der Waals surface area (Å²) in [6.07, 6.45) is 1.21. The van der Waals surface area contributed by atoms with Gasteiger partial charge in [-0.15, -0.1) is 0 Å². The van der Waals surface area contributed by atoms with Gasteiger partial charge in [0.25, 0.3) is 5.91 Å². The lowest BCUT2D eigenvalue weighted by Crippen LogP contribution is -2.44. The fourth-order valence-electron chi connectivity index (χ4n) is 1.46. The van der Waals surface area contributed by atoms with Crippen molar-refractivity contribution in [2.24, 2.45) is 5.73 Å². The Morgan fingerprint density at radius 2 is 2.11 bits per heavy atom. The Morgan fingerprint density at radius 3 is 2.63 bits per heavy atom. The van der Waals surface area contributed by atoms with Crippen molar-refractivity contribution in [3.63, 3.8) is 0 Å². The molecule has 0 radical (unpaired) electrons. The quantitative estimate of drug-likeness (QED) is 0.687. The third-order valence-electron chi connectivity index (χ3n) is 2.56. The van der Waals surface area contributed by atoms with Crippen LogP contribution in [0.1, 0.15) is 12.5 Å². The molecule has 0 heterocycles. The third-order valence-corrected chi connectivity index (χ3v) is 2.56. The van der Waals surface area contributed by atoms with Crippen LogP contribution >= 0.6 is 0 Å². The molecule has 0 spiro atoms. The molecule has 0 saturated carbocycles. The van der Waals surface area contributed by atoms with Crippen molar-refractivity contribution in [3.05, 3.63) is 47.4 Å². The Kier molecular flexibility index (Phi) is 5.05. The molecule has 1 aromatic rings. The molecular weight excluding hydrogens is 251 g/mol. The second-order valence-corrected chi connectivity index (χ2v) is 3.90. The lowest BCUT2D eigenvalue weighted by atomic mass is 10.1. The number of benzene rings is 1. The van der Waals surface area contributed by atoms with E-state index in [0.29, 0.717) is 0 Å². The molecule has 1 atom stereocenters. The van der Waals surface area contributed by atoms with Crippen LogP contribution < -0.4 is 11.1 Å². The minimum atomic E-state index is -1.25. The average molecular weight is 266 g/mol. The molecule has 0 aliphatic rings. The maximum Gasteiger partial charge on any atom is 0.326 e. The van der Waals surface area contributed by atoms with Gasteiger partial charge in [0, 0.05) is 6.42 Å². The highest BCUT2D eigenvalue weighted by atomic mass is 19.1. The van der Waals surface area contributed by atoms with Crippen LogP contribution in [-0.2, 0) is 16.0 Å². The summed E-state index contributed by atoms with van der Waals surface area (Å²) < 4.78 is 13.4. The zero-order valence-corrected chi connectivity index (χ0v) is 10.4. The van der Waals surface area contributed by atoms with E-state index in [1.807, 2.05) is 0 Å². The van der Waals surface area contributed by atoms with Crippen LogP contribution in [0.15, 0.2) is 36.0 Å². The number of amides is 1. The molecule has 0 aliphatic carbocycles. The standard InChI is InChI=1S/C13H15FN2O3/c1-2-10(15)12(17)16-11(13(18)19)7-8-5-3-4-6-9(8)14/h2-6,11H,7,15H2,1H3,(H,16,17)(H,18,19)/b10-2+/t11-/m1/s1. The van der Waals surface area contributed by atoms with Crippen molar-refractivity contribution < 1.29 is 19.1 Å². The predicted octanol–water partition coefficient (Wildman–Crippen LogP) is 0.800. The maximum atomic E-state index is 13.4. The van der Waals surface area contributed by atoms with Gasteiger partial charge in [-0.25, -0.2) is 9.18 Å². The monoisotopic (exact) mass is 266 g/mol. The lowest BCUT2D eigenvalue weighted by molar-refractivity contribution is -0.141. The van der Waals surface area contributed by atoms with E-state index in [4.69, 9.17) is 10.8 Å². The number of hydrogen-bond donors (Lipinski definition) is 3. The minimum Gasteiger partial charge on any atom is -0.480 e. The second-order valence-electron chi connectivity index (χ2n) is 3.90. The van der Waals surface area contributed by atoms with E-state index in [9.17, 15) is 14.0 Å². The molecule has 6 heteroatoms. The van der Waals surface area contributed by atoms with Crippen LogP contribution in [0.3, 0.4) is 0 Å². The number of carboxylic acids is 1. The topological polar surface area (TPSA) is 92.4 Å². The van der Waals surface area contributed by atoms with Crippen molar-refractivity contribution in [1.82, 2.24) is 5.32 Å². The van der Waals surface area contributed by atoms with Gasteiger partial charge in [-0.1, -0.05) is 24.3 Å². The van der Waals surface area contributed by atoms with Crippen LogP contribution in [-0.4, -0.2) is 23.0 Å². The predicted molar refractivity (Wildman–Crippen MR) is 67.6 cm³/mol. The Morgan fingerprint density at radius 1 is 1.47 bits per heavy atom. The number of aliphatic carboxylic acids is 1. The molecule has 5 nitrogen and oxygen atoms in total. The smallest absolute Gasteiger partial charge is 0.326 e. The molecule has 1 aromatic carbocycles. The van der Waals surface area contributed by atoms with E-state index in [1.165, 1.54) is 24.3 Å².